The average molecular weight is 737 g/mol. The summed E-state index contributed by atoms with van der Waals surface area (Å²) in [5, 5.41) is 0. The number of benzene rings is 3. The molecule has 0 aromatic heterocycles. The van der Waals surface area contributed by atoms with Crippen LogP contribution in [0.5, 0.6) is 34.5 Å². The summed E-state index contributed by atoms with van der Waals surface area (Å²) in [4.78, 5) is 30.6. The Morgan fingerprint density at radius 3 is 1.94 bits per heavy atom. The van der Waals surface area contributed by atoms with Crippen molar-refractivity contribution in [1.29, 1.82) is 0 Å². The van der Waals surface area contributed by atoms with Gasteiger partial charge in [-0.05, 0) is 94.6 Å². The average Bonchev–Trinajstić information content (AvgIpc) is 3.44. The van der Waals surface area contributed by atoms with E-state index in [2.05, 4.69) is 36.1 Å². The van der Waals surface area contributed by atoms with E-state index in [0.717, 1.165) is 39.9 Å². The van der Waals surface area contributed by atoms with E-state index in [0.29, 0.717) is 73.4 Å². The van der Waals surface area contributed by atoms with Gasteiger partial charge in [0.2, 0.25) is 5.91 Å². The standard InChI is InChI=1S/C44H52N2O8/c1-30(32-15-16-38(49-2)39(23-32)50-3)29-45(18-9-8-12-31-13-14-33-24-40(51-4)42(53-6)26-35(33)22-37(31)47)19-10-11-20-46-21-17-34-25-41(52-5)43(54-7)27-36(34)28-44(46)48/h8-11,13,15-17,21,23-27,30H,12,14,18-20,22,28-29H2,1-7H3/t30-/m0/s1. The van der Waals surface area contributed by atoms with Gasteiger partial charge in [-0.15, -0.1) is 0 Å². The van der Waals surface area contributed by atoms with Crippen molar-refractivity contribution in [3.63, 3.8) is 0 Å². The Labute approximate surface area is 319 Å². The summed E-state index contributed by atoms with van der Waals surface area (Å²) < 4.78 is 32.9. The van der Waals surface area contributed by atoms with Gasteiger partial charge in [0.1, 0.15) is 0 Å². The third kappa shape index (κ3) is 9.73. The van der Waals surface area contributed by atoms with Gasteiger partial charge < -0.3 is 33.3 Å². The van der Waals surface area contributed by atoms with Crippen LogP contribution in [0.2, 0.25) is 0 Å². The van der Waals surface area contributed by atoms with Crippen LogP contribution in [0.4, 0.5) is 0 Å². The van der Waals surface area contributed by atoms with Crippen LogP contribution in [0.25, 0.3) is 6.08 Å². The molecular weight excluding hydrogens is 684 g/mol. The van der Waals surface area contributed by atoms with Gasteiger partial charge in [0.15, 0.2) is 40.3 Å². The number of rotatable bonds is 17. The number of Topliss-reactive ketones (excluding diaryl/α,β-unsaturated/α-hetero) is 1. The van der Waals surface area contributed by atoms with Crippen molar-refractivity contribution in [3.05, 3.63) is 112 Å². The second-order valence-electron chi connectivity index (χ2n) is 13.3. The van der Waals surface area contributed by atoms with Crippen LogP contribution < -0.4 is 28.4 Å². The summed E-state index contributed by atoms with van der Waals surface area (Å²) in [5.41, 5.74) is 5.82. The molecule has 2 aliphatic rings. The molecule has 0 radical (unpaired) electrons. The van der Waals surface area contributed by atoms with Crippen molar-refractivity contribution < 1.29 is 38.0 Å². The van der Waals surface area contributed by atoms with Gasteiger partial charge >= 0.3 is 0 Å². The Morgan fingerprint density at radius 1 is 0.685 bits per heavy atom. The number of fused-ring (bicyclic) bond motifs is 2. The third-order valence-corrected chi connectivity index (χ3v) is 9.93. The molecule has 0 bridgehead atoms. The molecule has 10 heteroatoms. The highest BCUT2D eigenvalue weighted by Gasteiger charge is 2.21. The minimum atomic E-state index is 0.00692. The number of carbonyl (C=O) groups excluding carboxylic acids is 2. The minimum absolute atomic E-state index is 0.00692. The topological polar surface area (TPSA) is 96.0 Å². The molecular formula is C44H52N2O8. The quantitative estimate of drug-likeness (QED) is 0.136. The fraction of sp³-hybridized carbons (Fsp3) is 0.364. The number of ketones is 1. The Kier molecular flexibility index (Phi) is 14.0. The van der Waals surface area contributed by atoms with Crippen molar-refractivity contribution in [2.45, 2.75) is 38.5 Å². The van der Waals surface area contributed by atoms with Crippen molar-refractivity contribution >= 4 is 17.8 Å². The number of hydrogen-bond acceptors (Lipinski definition) is 9. The molecule has 1 aliphatic carbocycles. The largest absolute Gasteiger partial charge is 0.493 e. The first-order valence-corrected chi connectivity index (χ1v) is 18.1. The molecule has 10 nitrogen and oxygen atoms in total. The van der Waals surface area contributed by atoms with E-state index < -0.39 is 0 Å². The fourth-order valence-electron chi connectivity index (χ4n) is 6.80. The first kappa shape index (κ1) is 39.7. The van der Waals surface area contributed by atoms with E-state index in [1.165, 1.54) is 0 Å². The smallest absolute Gasteiger partial charge is 0.231 e. The molecule has 5 rings (SSSR count). The van der Waals surface area contributed by atoms with Crippen LogP contribution in [0.15, 0.2) is 84.6 Å². The van der Waals surface area contributed by atoms with Gasteiger partial charge in [-0.2, -0.15) is 0 Å². The Bertz CT molecular complexity index is 1930. The lowest BCUT2D eigenvalue weighted by atomic mass is 9.99. The number of amides is 1. The number of carbonyl (C=O) groups is 2. The zero-order valence-corrected chi connectivity index (χ0v) is 32.5. The molecule has 1 aliphatic heterocycles. The highest BCUT2D eigenvalue weighted by Crippen LogP contribution is 2.35. The van der Waals surface area contributed by atoms with Gasteiger partial charge in [-0.1, -0.05) is 43.4 Å². The lowest BCUT2D eigenvalue weighted by Crippen LogP contribution is -2.29. The summed E-state index contributed by atoms with van der Waals surface area (Å²) in [5.74, 6) is 4.23. The SMILES string of the molecule is COc1ccc([C@@H](C)CN(CC=CCC2=CCc3cc(OC)c(OC)cc3CC2=O)CC=CCN2C=Cc3cc(OC)c(OC)cc3CC2=O)cc1OC. The second-order valence-corrected chi connectivity index (χ2v) is 13.3. The Hall–Kier alpha value is -5.48. The first-order valence-electron chi connectivity index (χ1n) is 18.1. The van der Waals surface area contributed by atoms with Crippen LogP contribution in [0.3, 0.4) is 0 Å². The van der Waals surface area contributed by atoms with Crippen LogP contribution in [0, 0.1) is 0 Å². The highest BCUT2D eigenvalue weighted by molar-refractivity contribution is 5.98. The predicted octanol–water partition coefficient (Wildman–Crippen LogP) is 7.00. The maximum absolute atomic E-state index is 13.3. The molecule has 0 fully saturated rings. The second kappa shape index (κ2) is 19.0. The van der Waals surface area contributed by atoms with E-state index in [1.54, 1.807) is 47.6 Å². The van der Waals surface area contributed by atoms with E-state index in [9.17, 15) is 9.59 Å². The zero-order chi connectivity index (χ0) is 38.6. The number of hydrogen-bond donors (Lipinski definition) is 0. The predicted molar refractivity (Wildman–Crippen MR) is 211 cm³/mol. The summed E-state index contributed by atoms with van der Waals surface area (Å²) in [7, 11) is 9.70. The summed E-state index contributed by atoms with van der Waals surface area (Å²) >= 11 is 0. The lowest BCUT2D eigenvalue weighted by molar-refractivity contribution is -0.127. The molecule has 1 atom stereocenters. The zero-order valence-electron chi connectivity index (χ0n) is 32.5. The minimum Gasteiger partial charge on any atom is -0.493 e. The lowest BCUT2D eigenvalue weighted by Gasteiger charge is -2.24. The molecule has 54 heavy (non-hydrogen) atoms. The van der Waals surface area contributed by atoms with Crippen molar-refractivity contribution in [2.75, 3.05) is 68.8 Å². The molecule has 0 N–H and O–H groups in total. The molecule has 0 spiro atoms. The highest BCUT2D eigenvalue weighted by atomic mass is 16.5. The van der Waals surface area contributed by atoms with Crippen molar-refractivity contribution in [2.24, 2.45) is 0 Å². The summed E-state index contributed by atoms with van der Waals surface area (Å²) in [6.07, 6.45) is 16.0. The monoisotopic (exact) mass is 736 g/mol. The van der Waals surface area contributed by atoms with Crippen LogP contribution in [-0.4, -0.2) is 90.3 Å². The molecule has 3 aromatic rings. The molecule has 1 amide bonds. The van der Waals surface area contributed by atoms with Crippen LogP contribution in [-0.2, 0) is 28.9 Å². The molecule has 0 unspecified atom stereocenters. The summed E-state index contributed by atoms with van der Waals surface area (Å²) in [6.45, 7) is 4.76. The normalized spacial score (nSPS) is 14.7. The Balaban J connectivity index is 1.25. The number of ether oxygens (including phenoxy) is 6. The molecule has 286 valence electrons. The van der Waals surface area contributed by atoms with Gasteiger partial charge in [-0.25, -0.2) is 0 Å². The van der Waals surface area contributed by atoms with E-state index in [1.807, 2.05) is 60.8 Å². The maximum atomic E-state index is 13.3. The van der Waals surface area contributed by atoms with E-state index in [4.69, 9.17) is 28.4 Å². The van der Waals surface area contributed by atoms with Crippen LogP contribution >= 0.6 is 0 Å². The first-order chi connectivity index (χ1) is 26.2. The van der Waals surface area contributed by atoms with Gasteiger partial charge in [-0.3, -0.25) is 14.5 Å². The van der Waals surface area contributed by atoms with Gasteiger partial charge in [0.05, 0.1) is 49.1 Å². The molecule has 1 heterocycles. The van der Waals surface area contributed by atoms with Crippen molar-refractivity contribution in [1.82, 2.24) is 9.80 Å². The van der Waals surface area contributed by atoms with Gasteiger partial charge in [0, 0.05) is 38.8 Å². The number of methoxy groups -OCH3 is 6. The van der Waals surface area contributed by atoms with E-state index >= 15 is 0 Å². The number of allylic oxidation sites excluding steroid dienone is 3. The number of nitrogens with zero attached hydrogens (tertiary/aromatic N) is 2. The van der Waals surface area contributed by atoms with Crippen LogP contribution in [0.1, 0.15) is 47.1 Å². The van der Waals surface area contributed by atoms with Crippen molar-refractivity contribution in [3.8, 4) is 34.5 Å². The molecule has 3 aromatic carbocycles. The molecule has 0 saturated carbocycles. The van der Waals surface area contributed by atoms with E-state index in [-0.39, 0.29) is 24.0 Å². The fourth-order valence-corrected chi connectivity index (χ4v) is 6.80. The Morgan fingerprint density at radius 2 is 1.28 bits per heavy atom. The summed E-state index contributed by atoms with van der Waals surface area (Å²) in [6, 6.07) is 13.7. The van der Waals surface area contributed by atoms with Gasteiger partial charge in [0.25, 0.3) is 0 Å². The molecule has 0 saturated heterocycles. The third-order valence-electron chi connectivity index (χ3n) is 9.93. The maximum Gasteiger partial charge on any atom is 0.231 e.